The van der Waals surface area contributed by atoms with E-state index in [-0.39, 0.29) is 11.7 Å². The maximum absolute atomic E-state index is 13.5. The number of nitrogens with zero attached hydrogens (tertiary/aromatic N) is 1. The maximum atomic E-state index is 13.5. The predicted molar refractivity (Wildman–Crippen MR) is 67.7 cm³/mol. The van der Waals surface area contributed by atoms with Crippen LogP contribution < -0.4 is 4.74 Å². The number of rotatable bonds is 3. The van der Waals surface area contributed by atoms with E-state index in [0.717, 1.165) is 6.42 Å². The molecule has 1 aliphatic heterocycles. The summed E-state index contributed by atoms with van der Waals surface area (Å²) in [7, 11) is 1.39. The third-order valence-corrected chi connectivity index (χ3v) is 3.63. The average Bonchev–Trinajstić information content (AvgIpc) is 2.86. The first-order valence-electron chi connectivity index (χ1n) is 5.84. The monoisotopic (exact) mass is 271 g/mol. The van der Waals surface area contributed by atoms with Gasteiger partial charge in [-0.25, -0.2) is 4.39 Å². The molecule has 1 atom stereocenters. The summed E-state index contributed by atoms with van der Waals surface area (Å²) in [6.45, 7) is 1.33. The van der Waals surface area contributed by atoms with Crippen molar-refractivity contribution in [1.29, 1.82) is 0 Å². The molecule has 1 heterocycles. The fourth-order valence-electron chi connectivity index (χ4n) is 2.13. The SMILES string of the molecule is COc1ccc(C(=O)N2CCC(CCl)C2)cc1F. The molecule has 1 unspecified atom stereocenters. The van der Waals surface area contributed by atoms with E-state index in [1.165, 1.54) is 19.2 Å². The number of hydrogen-bond acceptors (Lipinski definition) is 2. The number of carbonyl (C=O) groups is 1. The first-order chi connectivity index (χ1) is 8.65. The smallest absolute Gasteiger partial charge is 0.253 e. The number of ether oxygens (including phenoxy) is 1. The van der Waals surface area contributed by atoms with Crippen molar-refractivity contribution in [3.8, 4) is 5.75 Å². The van der Waals surface area contributed by atoms with Gasteiger partial charge < -0.3 is 9.64 Å². The highest BCUT2D eigenvalue weighted by Gasteiger charge is 2.26. The molecule has 0 aliphatic carbocycles. The van der Waals surface area contributed by atoms with Crippen LogP contribution in [0.5, 0.6) is 5.75 Å². The Labute approximate surface area is 110 Å². The third kappa shape index (κ3) is 2.58. The summed E-state index contributed by atoms with van der Waals surface area (Å²) in [5.74, 6) is 0.381. The first kappa shape index (κ1) is 13.1. The third-order valence-electron chi connectivity index (χ3n) is 3.19. The van der Waals surface area contributed by atoms with Gasteiger partial charge in [-0.2, -0.15) is 0 Å². The summed E-state index contributed by atoms with van der Waals surface area (Å²) >= 11 is 5.77. The van der Waals surface area contributed by atoms with Crippen LogP contribution in [0.15, 0.2) is 18.2 Å². The quantitative estimate of drug-likeness (QED) is 0.791. The summed E-state index contributed by atoms with van der Waals surface area (Å²) in [4.78, 5) is 13.9. The van der Waals surface area contributed by atoms with Crippen LogP contribution in [0.3, 0.4) is 0 Å². The largest absolute Gasteiger partial charge is 0.494 e. The van der Waals surface area contributed by atoms with Crippen LogP contribution in [0.25, 0.3) is 0 Å². The molecule has 0 aromatic heterocycles. The zero-order valence-corrected chi connectivity index (χ0v) is 10.9. The highest BCUT2D eigenvalue weighted by Crippen LogP contribution is 2.22. The highest BCUT2D eigenvalue weighted by molar-refractivity contribution is 6.18. The van der Waals surface area contributed by atoms with Gasteiger partial charge in [0.15, 0.2) is 11.6 Å². The van der Waals surface area contributed by atoms with Gasteiger partial charge in [0, 0.05) is 24.5 Å². The van der Waals surface area contributed by atoms with Crippen LogP contribution in [-0.2, 0) is 0 Å². The average molecular weight is 272 g/mol. The molecular weight excluding hydrogens is 257 g/mol. The normalized spacial score (nSPS) is 19.1. The van der Waals surface area contributed by atoms with Crippen LogP contribution in [0.1, 0.15) is 16.8 Å². The fraction of sp³-hybridized carbons (Fsp3) is 0.462. The molecule has 1 fully saturated rings. The molecule has 2 rings (SSSR count). The van der Waals surface area contributed by atoms with E-state index in [2.05, 4.69) is 0 Å². The molecule has 0 N–H and O–H groups in total. The van der Waals surface area contributed by atoms with Gasteiger partial charge in [0.1, 0.15) is 0 Å². The van der Waals surface area contributed by atoms with Gasteiger partial charge in [-0.15, -0.1) is 11.6 Å². The van der Waals surface area contributed by atoms with Gasteiger partial charge in [0.2, 0.25) is 0 Å². The van der Waals surface area contributed by atoms with Crippen molar-refractivity contribution in [1.82, 2.24) is 4.90 Å². The zero-order valence-electron chi connectivity index (χ0n) is 10.2. The summed E-state index contributed by atoms with van der Waals surface area (Å²) in [5, 5.41) is 0. The number of benzene rings is 1. The second-order valence-electron chi connectivity index (χ2n) is 4.41. The summed E-state index contributed by atoms with van der Waals surface area (Å²) in [5.41, 5.74) is 0.350. The molecular formula is C13H15ClFNO2. The van der Waals surface area contributed by atoms with Crippen molar-refractivity contribution < 1.29 is 13.9 Å². The van der Waals surface area contributed by atoms with Crippen molar-refractivity contribution in [2.45, 2.75) is 6.42 Å². The molecule has 1 aliphatic rings. The molecule has 0 radical (unpaired) electrons. The molecule has 1 amide bonds. The van der Waals surface area contributed by atoms with Gasteiger partial charge in [-0.3, -0.25) is 4.79 Å². The highest BCUT2D eigenvalue weighted by atomic mass is 35.5. The van der Waals surface area contributed by atoms with E-state index in [0.29, 0.717) is 30.5 Å². The van der Waals surface area contributed by atoms with Gasteiger partial charge in [-0.05, 0) is 30.5 Å². The van der Waals surface area contributed by atoms with Gasteiger partial charge in [0.05, 0.1) is 7.11 Å². The molecule has 3 nitrogen and oxygen atoms in total. The molecule has 18 heavy (non-hydrogen) atoms. The minimum absolute atomic E-state index is 0.145. The molecule has 0 bridgehead atoms. The summed E-state index contributed by atoms with van der Waals surface area (Å²) in [6, 6.07) is 4.27. The lowest BCUT2D eigenvalue weighted by Crippen LogP contribution is -2.28. The molecule has 1 saturated heterocycles. The Bertz CT molecular complexity index is 453. The Morgan fingerprint density at radius 2 is 2.39 bits per heavy atom. The van der Waals surface area contributed by atoms with Crippen molar-refractivity contribution in [3.63, 3.8) is 0 Å². The molecule has 98 valence electrons. The number of likely N-dealkylation sites (tertiary alicyclic amines) is 1. The van der Waals surface area contributed by atoms with Crippen LogP contribution >= 0.6 is 11.6 Å². The van der Waals surface area contributed by atoms with Crippen LogP contribution in [0.2, 0.25) is 0 Å². The topological polar surface area (TPSA) is 29.5 Å². The van der Waals surface area contributed by atoms with Gasteiger partial charge >= 0.3 is 0 Å². The second-order valence-corrected chi connectivity index (χ2v) is 4.72. The van der Waals surface area contributed by atoms with Crippen molar-refractivity contribution in [3.05, 3.63) is 29.6 Å². The van der Waals surface area contributed by atoms with Crippen molar-refractivity contribution in [2.24, 2.45) is 5.92 Å². The number of amides is 1. The van der Waals surface area contributed by atoms with Gasteiger partial charge in [0.25, 0.3) is 5.91 Å². The minimum Gasteiger partial charge on any atom is -0.494 e. The standard InChI is InChI=1S/C13H15ClFNO2/c1-18-12-3-2-10(6-11(12)15)13(17)16-5-4-9(7-14)8-16/h2-3,6,9H,4-5,7-8H2,1H3. The summed E-state index contributed by atoms with van der Waals surface area (Å²) in [6.07, 6.45) is 0.911. The van der Waals surface area contributed by atoms with Crippen molar-refractivity contribution >= 4 is 17.5 Å². The van der Waals surface area contributed by atoms with Crippen LogP contribution in [-0.4, -0.2) is 36.9 Å². The Balaban J connectivity index is 2.12. The first-order valence-corrected chi connectivity index (χ1v) is 6.38. The van der Waals surface area contributed by atoms with E-state index in [9.17, 15) is 9.18 Å². The predicted octanol–water partition coefficient (Wildman–Crippen LogP) is 2.54. The Kier molecular flexibility index (Phi) is 4.07. The van der Waals surface area contributed by atoms with E-state index >= 15 is 0 Å². The lowest BCUT2D eigenvalue weighted by molar-refractivity contribution is 0.0787. The van der Waals surface area contributed by atoms with E-state index in [1.54, 1.807) is 11.0 Å². The number of halogens is 2. The zero-order chi connectivity index (χ0) is 13.1. The lowest BCUT2D eigenvalue weighted by atomic mass is 10.1. The van der Waals surface area contributed by atoms with Crippen molar-refractivity contribution in [2.75, 3.05) is 26.1 Å². The minimum atomic E-state index is -0.517. The molecule has 0 saturated carbocycles. The lowest BCUT2D eigenvalue weighted by Gasteiger charge is -2.16. The number of methoxy groups -OCH3 is 1. The summed E-state index contributed by atoms with van der Waals surface area (Å²) < 4.78 is 18.3. The number of carbonyl (C=O) groups excluding carboxylic acids is 1. The van der Waals surface area contributed by atoms with E-state index < -0.39 is 5.82 Å². The second kappa shape index (κ2) is 5.57. The molecule has 0 spiro atoms. The van der Waals surface area contributed by atoms with Gasteiger partial charge in [-0.1, -0.05) is 0 Å². The number of alkyl halides is 1. The number of hydrogen-bond donors (Lipinski definition) is 0. The molecule has 1 aromatic carbocycles. The molecule has 5 heteroatoms. The maximum Gasteiger partial charge on any atom is 0.253 e. The Morgan fingerprint density at radius 1 is 1.61 bits per heavy atom. The van der Waals surface area contributed by atoms with Crippen LogP contribution in [0.4, 0.5) is 4.39 Å². The fourth-order valence-corrected chi connectivity index (χ4v) is 2.38. The Morgan fingerprint density at radius 3 is 2.94 bits per heavy atom. The van der Waals surface area contributed by atoms with E-state index in [1.807, 2.05) is 0 Å². The molecule has 1 aromatic rings. The van der Waals surface area contributed by atoms with Crippen LogP contribution in [0, 0.1) is 11.7 Å². The van der Waals surface area contributed by atoms with E-state index in [4.69, 9.17) is 16.3 Å². The Hall–Kier alpha value is -1.29.